The molecule has 0 N–H and O–H groups in total. The highest BCUT2D eigenvalue weighted by Crippen LogP contribution is 2.32. The van der Waals surface area contributed by atoms with Crippen molar-refractivity contribution in [2.75, 3.05) is 11.4 Å². The van der Waals surface area contributed by atoms with Crippen LogP contribution in [0.3, 0.4) is 0 Å². The Morgan fingerprint density at radius 2 is 2.26 bits per heavy atom. The summed E-state index contributed by atoms with van der Waals surface area (Å²) in [4.78, 5) is 12.9. The number of nitrogens with zero attached hydrogens (tertiary/aromatic N) is 2. The van der Waals surface area contributed by atoms with Gasteiger partial charge in [0.25, 0.3) is 5.69 Å². The van der Waals surface area contributed by atoms with Gasteiger partial charge in [-0.3, -0.25) is 10.1 Å². The fraction of sp³-hybridized carbons (Fsp3) is 0.571. The number of halogens is 1. The van der Waals surface area contributed by atoms with E-state index in [1.807, 2.05) is 6.07 Å². The number of hydrogen-bond acceptors (Lipinski definition) is 3. The predicted octanol–water partition coefficient (Wildman–Crippen LogP) is 4.26. The SMILES string of the molecule is CCC1CCCCN1c1ccc([N+](=O)[O-])cc1CBr. The minimum atomic E-state index is -0.330. The third kappa shape index (κ3) is 3.08. The van der Waals surface area contributed by atoms with E-state index < -0.39 is 0 Å². The molecule has 1 aromatic rings. The molecule has 1 atom stereocenters. The molecule has 1 aromatic carbocycles. The van der Waals surface area contributed by atoms with E-state index in [0.29, 0.717) is 11.4 Å². The molecule has 0 saturated carbocycles. The topological polar surface area (TPSA) is 46.4 Å². The van der Waals surface area contributed by atoms with E-state index >= 15 is 0 Å². The van der Waals surface area contributed by atoms with E-state index in [1.54, 1.807) is 12.1 Å². The zero-order valence-corrected chi connectivity index (χ0v) is 12.7. The maximum Gasteiger partial charge on any atom is 0.269 e. The third-order valence-corrected chi connectivity index (χ3v) is 4.43. The van der Waals surface area contributed by atoms with Crippen molar-refractivity contribution in [3.05, 3.63) is 33.9 Å². The van der Waals surface area contributed by atoms with E-state index in [2.05, 4.69) is 27.8 Å². The molecule has 0 bridgehead atoms. The van der Waals surface area contributed by atoms with Crippen molar-refractivity contribution >= 4 is 27.3 Å². The predicted molar refractivity (Wildman–Crippen MR) is 81.0 cm³/mol. The molecular weight excluding hydrogens is 308 g/mol. The van der Waals surface area contributed by atoms with Crippen LogP contribution in [0.4, 0.5) is 11.4 Å². The zero-order valence-electron chi connectivity index (χ0n) is 11.1. The maximum absolute atomic E-state index is 10.9. The molecule has 1 aliphatic heterocycles. The monoisotopic (exact) mass is 326 g/mol. The smallest absolute Gasteiger partial charge is 0.269 e. The van der Waals surface area contributed by atoms with Crippen LogP contribution in [0.15, 0.2) is 18.2 Å². The van der Waals surface area contributed by atoms with Crippen molar-refractivity contribution in [3.8, 4) is 0 Å². The summed E-state index contributed by atoms with van der Waals surface area (Å²) in [6.07, 6.45) is 4.83. The van der Waals surface area contributed by atoms with Gasteiger partial charge in [0.05, 0.1) is 4.92 Å². The van der Waals surface area contributed by atoms with Crippen LogP contribution in [0.2, 0.25) is 0 Å². The van der Waals surface area contributed by atoms with Crippen LogP contribution in [0.5, 0.6) is 0 Å². The lowest BCUT2D eigenvalue weighted by molar-refractivity contribution is -0.384. The summed E-state index contributed by atoms with van der Waals surface area (Å²) in [7, 11) is 0. The second kappa shape index (κ2) is 6.37. The number of benzene rings is 1. The summed E-state index contributed by atoms with van der Waals surface area (Å²) in [6, 6.07) is 5.77. The number of nitro groups is 1. The van der Waals surface area contributed by atoms with E-state index in [9.17, 15) is 10.1 Å². The minimum Gasteiger partial charge on any atom is -0.368 e. The molecule has 4 nitrogen and oxygen atoms in total. The molecule has 0 amide bonds. The normalized spacial score (nSPS) is 19.5. The number of rotatable bonds is 4. The Bertz CT molecular complexity index is 465. The van der Waals surface area contributed by atoms with Gasteiger partial charge in [0.15, 0.2) is 0 Å². The van der Waals surface area contributed by atoms with Gasteiger partial charge in [-0.2, -0.15) is 0 Å². The maximum atomic E-state index is 10.9. The van der Waals surface area contributed by atoms with Gasteiger partial charge in [-0.05, 0) is 37.3 Å². The van der Waals surface area contributed by atoms with Crippen LogP contribution < -0.4 is 4.90 Å². The average molecular weight is 327 g/mol. The summed E-state index contributed by atoms with van der Waals surface area (Å²) in [6.45, 7) is 3.26. The van der Waals surface area contributed by atoms with Crippen molar-refractivity contribution in [2.24, 2.45) is 0 Å². The van der Waals surface area contributed by atoms with Gasteiger partial charge < -0.3 is 4.90 Å². The summed E-state index contributed by atoms with van der Waals surface area (Å²) < 4.78 is 0. The Morgan fingerprint density at radius 1 is 1.47 bits per heavy atom. The summed E-state index contributed by atoms with van der Waals surface area (Å²) in [5.74, 6) is 0. The van der Waals surface area contributed by atoms with Crippen LogP contribution in [0.1, 0.15) is 38.2 Å². The number of alkyl halides is 1. The highest BCUT2D eigenvalue weighted by Gasteiger charge is 2.23. The number of anilines is 1. The largest absolute Gasteiger partial charge is 0.368 e. The highest BCUT2D eigenvalue weighted by atomic mass is 79.9. The standard InChI is InChI=1S/C14H19BrN2O2/c1-2-12-5-3-4-8-16(12)14-7-6-13(17(18)19)9-11(14)10-15/h6-7,9,12H,2-5,8,10H2,1H3. The van der Waals surface area contributed by atoms with E-state index in [-0.39, 0.29) is 10.6 Å². The molecule has 0 aromatic heterocycles. The molecule has 2 rings (SSSR count). The number of nitro benzene ring substituents is 1. The Morgan fingerprint density at radius 3 is 2.89 bits per heavy atom. The molecule has 0 aliphatic carbocycles. The molecule has 0 spiro atoms. The van der Waals surface area contributed by atoms with Crippen LogP contribution >= 0.6 is 15.9 Å². The fourth-order valence-electron chi connectivity index (χ4n) is 2.81. The van der Waals surface area contributed by atoms with E-state index in [1.165, 1.54) is 19.3 Å². The van der Waals surface area contributed by atoms with Crippen LogP contribution in [-0.2, 0) is 5.33 Å². The van der Waals surface area contributed by atoms with Crippen molar-refractivity contribution in [3.63, 3.8) is 0 Å². The first-order chi connectivity index (χ1) is 9.17. The van der Waals surface area contributed by atoms with Gasteiger partial charge >= 0.3 is 0 Å². The lowest BCUT2D eigenvalue weighted by Gasteiger charge is -2.38. The number of hydrogen-bond donors (Lipinski definition) is 0. The first kappa shape index (κ1) is 14.3. The Labute approximate surface area is 122 Å². The van der Waals surface area contributed by atoms with E-state index in [4.69, 9.17) is 0 Å². The molecule has 19 heavy (non-hydrogen) atoms. The highest BCUT2D eigenvalue weighted by molar-refractivity contribution is 9.08. The first-order valence-electron chi connectivity index (χ1n) is 6.77. The lowest BCUT2D eigenvalue weighted by Crippen LogP contribution is -2.39. The molecule has 1 heterocycles. The number of non-ortho nitro benzene ring substituents is 1. The van der Waals surface area contributed by atoms with Gasteiger partial charge in [0.2, 0.25) is 0 Å². The van der Waals surface area contributed by atoms with Crippen LogP contribution in [-0.4, -0.2) is 17.5 Å². The zero-order chi connectivity index (χ0) is 13.8. The molecule has 1 aliphatic rings. The van der Waals surface area contributed by atoms with Crippen molar-refractivity contribution < 1.29 is 4.92 Å². The fourth-order valence-corrected chi connectivity index (χ4v) is 3.26. The van der Waals surface area contributed by atoms with Gasteiger partial charge in [-0.1, -0.05) is 22.9 Å². The van der Waals surface area contributed by atoms with Crippen molar-refractivity contribution in [1.29, 1.82) is 0 Å². The molecule has 1 unspecified atom stereocenters. The van der Waals surface area contributed by atoms with Gasteiger partial charge in [0.1, 0.15) is 0 Å². The Kier molecular flexibility index (Phi) is 4.80. The van der Waals surface area contributed by atoms with Crippen molar-refractivity contribution in [1.82, 2.24) is 0 Å². The van der Waals surface area contributed by atoms with Crippen LogP contribution in [0, 0.1) is 10.1 Å². The van der Waals surface area contributed by atoms with Crippen molar-refractivity contribution in [2.45, 2.75) is 44.0 Å². The quantitative estimate of drug-likeness (QED) is 0.472. The minimum absolute atomic E-state index is 0.170. The molecule has 0 radical (unpaired) electrons. The Balaban J connectivity index is 2.34. The van der Waals surface area contributed by atoms with Crippen LogP contribution in [0.25, 0.3) is 0 Å². The molecule has 1 fully saturated rings. The molecule has 1 saturated heterocycles. The van der Waals surface area contributed by atoms with Gasteiger partial charge in [0, 0.05) is 35.7 Å². The Hall–Kier alpha value is -1.10. The average Bonchev–Trinajstić information content (AvgIpc) is 2.46. The number of piperidine rings is 1. The lowest BCUT2D eigenvalue weighted by atomic mass is 9.98. The summed E-state index contributed by atoms with van der Waals surface area (Å²) >= 11 is 3.45. The first-order valence-corrected chi connectivity index (χ1v) is 7.89. The summed E-state index contributed by atoms with van der Waals surface area (Å²) in [5.41, 5.74) is 2.33. The second-order valence-electron chi connectivity index (χ2n) is 4.96. The van der Waals surface area contributed by atoms with E-state index in [0.717, 1.165) is 24.2 Å². The van der Waals surface area contributed by atoms with Gasteiger partial charge in [-0.15, -0.1) is 0 Å². The molecule has 104 valence electrons. The second-order valence-corrected chi connectivity index (χ2v) is 5.52. The van der Waals surface area contributed by atoms with Gasteiger partial charge in [-0.25, -0.2) is 0 Å². The summed E-state index contributed by atoms with van der Waals surface area (Å²) in [5, 5.41) is 11.5. The molecule has 5 heteroatoms. The third-order valence-electron chi connectivity index (χ3n) is 3.83. The molecular formula is C14H19BrN2O2.